The molecular weight excluding hydrogens is 424 g/mol. The zero-order valence-corrected chi connectivity index (χ0v) is 18.9. The lowest BCUT2D eigenvalue weighted by Crippen LogP contribution is -2.39. The quantitative estimate of drug-likeness (QED) is 0.169. The summed E-state index contributed by atoms with van der Waals surface area (Å²) in [7, 11) is 0. The summed E-state index contributed by atoms with van der Waals surface area (Å²) in [6.45, 7) is 3.70. The van der Waals surface area contributed by atoms with Gasteiger partial charge in [0, 0.05) is 22.6 Å². The standard InChI is InChI=1S/C30H22O4/c1-18-12-14-21(15-13-18)26(31)29(2)25-24-22-11-7-6-8-19(22)16-17-23(24)34-28(33)30(25,29)27(32)20-9-4-3-5-10-20/h3-17,25H,1-2H3/t25-,29+,30-/m0/s1. The van der Waals surface area contributed by atoms with Gasteiger partial charge in [-0.2, -0.15) is 0 Å². The summed E-state index contributed by atoms with van der Waals surface area (Å²) in [6, 6.07) is 27.5. The van der Waals surface area contributed by atoms with Crippen molar-refractivity contribution in [3.05, 3.63) is 113 Å². The Morgan fingerprint density at radius 1 is 0.765 bits per heavy atom. The van der Waals surface area contributed by atoms with Crippen LogP contribution in [0.5, 0.6) is 5.75 Å². The highest BCUT2D eigenvalue weighted by molar-refractivity contribution is 6.26. The lowest BCUT2D eigenvalue weighted by molar-refractivity contribution is -0.140. The van der Waals surface area contributed by atoms with Crippen LogP contribution in [0.4, 0.5) is 0 Å². The number of benzene rings is 4. The number of rotatable bonds is 4. The molecule has 34 heavy (non-hydrogen) atoms. The third kappa shape index (κ3) is 2.45. The summed E-state index contributed by atoms with van der Waals surface area (Å²) >= 11 is 0. The second-order valence-electron chi connectivity index (χ2n) is 9.42. The largest absolute Gasteiger partial charge is 0.425 e. The van der Waals surface area contributed by atoms with Gasteiger partial charge in [-0.05, 0) is 23.8 Å². The Balaban J connectivity index is 1.63. The number of carbonyl (C=O) groups is 3. The van der Waals surface area contributed by atoms with Gasteiger partial charge in [-0.25, -0.2) is 0 Å². The monoisotopic (exact) mass is 446 g/mol. The lowest BCUT2D eigenvalue weighted by Gasteiger charge is -2.24. The average molecular weight is 447 g/mol. The predicted octanol–water partition coefficient (Wildman–Crippen LogP) is 5.92. The highest BCUT2D eigenvalue weighted by Crippen LogP contribution is 2.79. The van der Waals surface area contributed by atoms with Gasteiger partial charge in [0.2, 0.25) is 0 Å². The van der Waals surface area contributed by atoms with E-state index in [1.165, 1.54) is 0 Å². The van der Waals surface area contributed by atoms with Crippen LogP contribution in [-0.2, 0) is 4.79 Å². The Labute approximate surface area is 197 Å². The molecular formula is C30H22O4. The molecule has 1 saturated carbocycles. The zero-order chi connectivity index (χ0) is 23.7. The molecule has 2 aliphatic rings. The van der Waals surface area contributed by atoms with Gasteiger partial charge in [0.25, 0.3) is 0 Å². The van der Waals surface area contributed by atoms with Crippen molar-refractivity contribution in [1.82, 2.24) is 0 Å². The number of esters is 1. The molecule has 1 fully saturated rings. The number of fused-ring (bicyclic) bond motifs is 5. The summed E-state index contributed by atoms with van der Waals surface area (Å²) in [5.41, 5.74) is -0.230. The maximum Gasteiger partial charge on any atom is 0.327 e. The second kappa shape index (κ2) is 6.97. The van der Waals surface area contributed by atoms with Gasteiger partial charge in [0.1, 0.15) is 5.75 Å². The van der Waals surface area contributed by atoms with E-state index in [0.717, 1.165) is 21.9 Å². The summed E-state index contributed by atoms with van der Waals surface area (Å²) in [5, 5.41) is 1.86. The van der Waals surface area contributed by atoms with E-state index in [-0.39, 0.29) is 11.6 Å². The maximum absolute atomic E-state index is 14.1. The van der Waals surface area contributed by atoms with Crippen molar-refractivity contribution in [3.63, 3.8) is 0 Å². The Kier molecular flexibility index (Phi) is 4.21. The van der Waals surface area contributed by atoms with Gasteiger partial charge in [-0.15, -0.1) is 0 Å². The first-order valence-corrected chi connectivity index (χ1v) is 11.4. The van der Waals surface area contributed by atoms with Crippen molar-refractivity contribution in [3.8, 4) is 5.75 Å². The molecule has 0 radical (unpaired) electrons. The first kappa shape index (κ1) is 20.5. The van der Waals surface area contributed by atoms with Crippen molar-refractivity contribution in [2.45, 2.75) is 19.8 Å². The molecule has 0 bridgehead atoms. The average Bonchev–Trinajstić information content (AvgIpc) is 3.46. The third-order valence-corrected chi connectivity index (χ3v) is 7.67. The van der Waals surface area contributed by atoms with Crippen LogP contribution in [0.1, 0.15) is 44.7 Å². The van der Waals surface area contributed by atoms with E-state index in [4.69, 9.17) is 4.74 Å². The molecule has 1 heterocycles. The molecule has 0 spiro atoms. The topological polar surface area (TPSA) is 60.4 Å². The predicted molar refractivity (Wildman–Crippen MR) is 129 cm³/mol. The van der Waals surface area contributed by atoms with Gasteiger partial charge in [0.15, 0.2) is 17.0 Å². The molecule has 166 valence electrons. The summed E-state index contributed by atoms with van der Waals surface area (Å²) in [4.78, 5) is 41.8. The fourth-order valence-corrected chi connectivity index (χ4v) is 5.89. The minimum absolute atomic E-state index is 0.223. The molecule has 4 aromatic rings. The van der Waals surface area contributed by atoms with Crippen molar-refractivity contribution >= 4 is 28.3 Å². The van der Waals surface area contributed by atoms with Gasteiger partial charge in [-0.1, -0.05) is 97.4 Å². The second-order valence-corrected chi connectivity index (χ2v) is 9.42. The Bertz CT molecular complexity index is 1500. The Morgan fingerprint density at radius 3 is 2.15 bits per heavy atom. The van der Waals surface area contributed by atoms with Crippen LogP contribution in [-0.4, -0.2) is 17.5 Å². The lowest BCUT2D eigenvalue weighted by atomic mass is 9.82. The minimum Gasteiger partial charge on any atom is -0.425 e. The highest BCUT2D eigenvalue weighted by Gasteiger charge is 2.87. The van der Waals surface area contributed by atoms with Crippen molar-refractivity contribution in [2.24, 2.45) is 10.8 Å². The van der Waals surface area contributed by atoms with Crippen LogP contribution >= 0.6 is 0 Å². The van der Waals surface area contributed by atoms with Crippen LogP contribution < -0.4 is 4.74 Å². The number of ketones is 2. The van der Waals surface area contributed by atoms with Crippen LogP contribution in [0.25, 0.3) is 10.8 Å². The Morgan fingerprint density at radius 2 is 1.41 bits per heavy atom. The SMILES string of the molecule is Cc1ccc(C(=O)[C@@]2(C)[C@@H]3c4c(ccc5ccccc45)OC(=O)[C@@]32C(=O)c2ccccc2)cc1. The highest BCUT2D eigenvalue weighted by atomic mass is 16.5. The van der Waals surface area contributed by atoms with Gasteiger partial charge in [-0.3, -0.25) is 14.4 Å². The first-order chi connectivity index (χ1) is 16.4. The normalized spacial score (nSPS) is 24.6. The number of hydrogen-bond donors (Lipinski definition) is 0. The molecule has 3 atom stereocenters. The molecule has 1 aliphatic carbocycles. The van der Waals surface area contributed by atoms with Crippen LogP contribution in [0, 0.1) is 17.8 Å². The number of Topliss-reactive ketones (excluding diaryl/α,β-unsaturated/α-hetero) is 2. The fourth-order valence-electron chi connectivity index (χ4n) is 5.89. The van der Waals surface area contributed by atoms with E-state index in [9.17, 15) is 14.4 Å². The molecule has 0 amide bonds. The molecule has 0 N–H and O–H groups in total. The van der Waals surface area contributed by atoms with Gasteiger partial charge < -0.3 is 4.74 Å². The van der Waals surface area contributed by atoms with Crippen molar-refractivity contribution < 1.29 is 19.1 Å². The van der Waals surface area contributed by atoms with Crippen LogP contribution in [0.3, 0.4) is 0 Å². The fraction of sp³-hybridized carbons (Fsp3) is 0.167. The molecule has 0 saturated heterocycles. The number of hydrogen-bond acceptors (Lipinski definition) is 4. The van der Waals surface area contributed by atoms with E-state index < -0.39 is 22.7 Å². The van der Waals surface area contributed by atoms with E-state index in [1.54, 1.807) is 49.4 Å². The van der Waals surface area contributed by atoms with Gasteiger partial charge in [0.05, 0.1) is 5.41 Å². The molecule has 4 heteroatoms. The smallest absolute Gasteiger partial charge is 0.327 e. The summed E-state index contributed by atoms with van der Waals surface area (Å²) < 4.78 is 5.83. The molecule has 4 aromatic carbocycles. The zero-order valence-electron chi connectivity index (χ0n) is 18.9. The van der Waals surface area contributed by atoms with Crippen LogP contribution in [0.2, 0.25) is 0 Å². The van der Waals surface area contributed by atoms with E-state index in [1.807, 2.05) is 55.5 Å². The molecule has 4 nitrogen and oxygen atoms in total. The van der Waals surface area contributed by atoms with Crippen molar-refractivity contribution in [1.29, 1.82) is 0 Å². The molecule has 1 aliphatic heterocycles. The Hall–Kier alpha value is -4.05. The molecule has 6 rings (SSSR count). The summed E-state index contributed by atoms with van der Waals surface area (Å²) in [5.74, 6) is -1.45. The number of aryl methyl sites for hydroxylation is 1. The third-order valence-electron chi connectivity index (χ3n) is 7.67. The van der Waals surface area contributed by atoms with Crippen molar-refractivity contribution in [2.75, 3.05) is 0 Å². The molecule has 0 unspecified atom stereocenters. The summed E-state index contributed by atoms with van der Waals surface area (Å²) in [6.07, 6.45) is 0. The first-order valence-electron chi connectivity index (χ1n) is 11.4. The van der Waals surface area contributed by atoms with Crippen LogP contribution in [0.15, 0.2) is 91.0 Å². The van der Waals surface area contributed by atoms with Gasteiger partial charge >= 0.3 is 5.97 Å². The molecule has 0 aromatic heterocycles. The van der Waals surface area contributed by atoms with E-state index in [0.29, 0.717) is 16.9 Å². The van der Waals surface area contributed by atoms with E-state index in [2.05, 4.69) is 0 Å². The maximum atomic E-state index is 14.1. The number of ether oxygens (including phenoxy) is 1. The van der Waals surface area contributed by atoms with E-state index >= 15 is 0 Å². The minimum atomic E-state index is -1.62. The number of carbonyl (C=O) groups excluding carboxylic acids is 3.